The summed E-state index contributed by atoms with van der Waals surface area (Å²) in [5.74, 6) is -0.983. The first-order valence-electron chi connectivity index (χ1n) is 11.7. The molecule has 1 aromatic heterocycles. The molecule has 0 radical (unpaired) electrons. The Morgan fingerprint density at radius 1 is 1.03 bits per heavy atom. The van der Waals surface area contributed by atoms with Crippen LogP contribution in [-0.4, -0.2) is 40.4 Å². The minimum atomic E-state index is -0.999. The van der Waals surface area contributed by atoms with Gasteiger partial charge in [-0.2, -0.15) is 0 Å². The SMILES string of the molecule is CCSc1cncc(C(=O)N[C@@H](Cc2cc(F)cc(F)c2)[C@H](O)CNCc2cccc(CC)c2)c1. The molecule has 0 unspecified atom stereocenters. The molecule has 0 saturated carbocycles. The Bertz CT molecular complexity index is 1110. The normalized spacial score (nSPS) is 12.8. The number of hydrogen-bond donors (Lipinski definition) is 3. The van der Waals surface area contributed by atoms with Crippen LogP contribution in [0.15, 0.2) is 65.8 Å². The lowest BCUT2D eigenvalue weighted by molar-refractivity contribution is 0.0829. The van der Waals surface area contributed by atoms with Gasteiger partial charge >= 0.3 is 0 Å². The maximum absolute atomic E-state index is 13.8. The fraction of sp³-hybridized carbons (Fsp3) is 0.333. The summed E-state index contributed by atoms with van der Waals surface area (Å²) in [6.45, 7) is 4.82. The van der Waals surface area contributed by atoms with Gasteiger partial charge in [0.2, 0.25) is 0 Å². The van der Waals surface area contributed by atoms with Crippen LogP contribution in [0.3, 0.4) is 0 Å². The minimum Gasteiger partial charge on any atom is -0.390 e. The van der Waals surface area contributed by atoms with Gasteiger partial charge in [0.25, 0.3) is 5.91 Å². The third-order valence-corrected chi connectivity index (χ3v) is 6.37. The number of amides is 1. The molecule has 2 atom stereocenters. The Morgan fingerprint density at radius 2 is 1.77 bits per heavy atom. The van der Waals surface area contributed by atoms with E-state index in [9.17, 15) is 18.7 Å². The van der Waals surface area contributed by atoms with Crippen LogP contribution in [0.2, 0.25) is 0 Å². The van der Waals surface area contributed by atoms with Gasteiger partial charge in [0.05, 0.1) is 17.7 Å². The zero-order valence-electron chi connectivity index (χ0n) is 19.9. The Balaban J connectivity index is 1.72. The lowest BCUT2D eigenvalue weighted by Crippen LogP contribution is -2.48. The number of aliphatic hydroxyl groups is 1. The van der Waals surface area contributed by atoms with Gasteiger partial charge in [-0.15, -0.1) is 11.8 Å². The number of thioether (sulfide) groups is 1. The quantitative estimate of drug-likeness (QED) is 0.320. The van der Waals surface area contributed by atoms with Crippen molar-refractivity contribution >= 4 is 17.7 Å². The van der Waals surface area contributed by atoms with Crippen LogP contribution in [0.1, 0.15) is 40.9 Å². The predicted octanol–water partition coefficient (Wildman–Crippen LogP) is 4.53. The zero-order chi connectivity index (χ0) is 25.2. The van der Waals surface area contributed by atoms with Gasteiger partial charge < -0.3 is 15.7 Å². The number of pyridine rings is 1. The van der Waals surface area contributed by atoms with Crippen LogP contribution >= 0.6 is 11.8 Å². The smallest absolute Gasteiger partial charge is 0.253 e. The molecule has 3 rings (SSSR count). The fourth-order valence-electron chi connectivity index (χ4n) is 3.77. The van der Waals surface area contributed by atoms with Crippen molar-refractivity contribution in [1.82, 2.24) is 15.6 Å². The third-order valence-electron chi connectivity index (χ3n) is 5.53. The van der Waals surface area contributed by atoms with Crippen LogP contribution in [0, 0.1) is 11.6 Å². The number of nitrogens with zero attached hydrogens (tertiary/aromatic N) is 1. The highest BCUT2D eigenvalue weighted by Gasteiger charge is 2.23. The molecule has 0 aliphatic heterocycles. The summed E-state index contributed by atoms with van der Waals surface area (Å²) in [7, 11) is 0. The second-order valence-corrected chi connectivity index (χ2v) is 9.61. The van der Waals surface area contributed by atoms with Crippen molar-refractivity contribution < 1.29 is 18.7 Å². The second kappa shape index (κ2) is 13.3. The molecule has 1 amide bonds. The molecule has 0 bridgehead atoms. The van der Waals surface area contributed by atoms with E-state index in [4.69, 9.17) is 0 Å². The van der Waals surface area contributed by atoms with Crippen molar-refractivity contribution in [3.05, 3.63) is 94.8 Å². The number of aliphatic hydroxyl groups excluding tert-OH is 1. The second-order valence-electron chi connectivity index (χ2n) is 8.28. The highest BCUT2D eigenvalue weighted by Crippen LogP contribution is 2.18. The molecule has 2 aromatic carbocycles. The summed E-state index contributed by atoms with van der Waals surface area (Å²) in [5, 5.41) is 17.0. The van der Waals surface area contributed by atoms with Crippen LogP contribution in [0.5, 0.6) is 0 Å². The van der Waals surface area contributed by atoms with Crippen molar-refractivity contribution in [2.24, 2.45) is 0 Å². The van der Waals surface area contributed by atoms with E-state index >= 15 is 0 Å². The zero-order valence-corrected chi connectivity index (χ0v) is 20.7. The lowest BCUT2D eigenvalue weighted by atomic mass is 10.00. The topological polar surface area (TPSA) is 74.2 Å². The average molecular weight is 500 g/mol. The van der Waals surface area contributed by atoms with E-state index in [0.717, 1.165) is 28.7 Å². The van der Waals surface area contributed by atoms with Crippen LogP contribution in [0.25, 0.3) is 0 Å². The summed E-state index contributed by atoms with van der Waals surface area (Å²) >= 11 is 1.56. The van der Waals surface area contributed by atoms with E-state index in [-0.39, 0.29) is 13.0 Å². The van der Waals surface area contributed by atoms with E-state index in [1.54, 1.807) is 24.0 Å². The van der Waals surface area contributed by atoms with E-state index < -0.39 is 29.7 Å². The van der Waals surface area contributed by atoms with Gasteiger partial charge in [-0.1, -0.05) is 38.1 Å². The number of halogens is 2. The standard InChI is InChI=1S/C27H31F2N3O2S/c1-3-18-6-5-7-19(8-18)14-30-17-26(33)25(11-20-9-22(28)13-23(29)10-20)32-27(34)21-12-24(35-4-2)16-31-15-21/h5-10,12-13,15-16,25-26,30,33H,3-4,11,14,17H2,1-2H3,(H,32,34)/t25-,26+/m0/s1. The molecule has 0 saturated heterocycles. The monoisotopic (exact) mass is 499 g/mol. The molecular formula is C27H31F2N3O2S. The van der Waals surface area contributed by atoms with Gasteiger partial charge in [-0.3, -0.25) is 9.78 Å². The summed E-state index contributed by atoms with van der Waals surface area (Å²) < 4.78 is 27.5. The first-order valence-corrected chi connectivity index (χ1v) is 12.7. The number of benzene rings is 2. The Labute approximate surface area is 209 Å². The molecule has 0 aliphatic carbocycles. The Morgan fingerprint density at radius 3 is 2.49 bits per heavy atom. The highest BCUT2D eigenvalue weighted by molar-refractivity contribution is 7.99. The van der Waals surface area contributed by atoms with E-state index in [1.807, 2.05) is 19.1 Å². The number of rotatable bonds is 12. The number of hydrogen-bond acceptors (Lipinski definition) is 5. The van der Waals surface area contributed by atoms with E-state index in [1.165, 1.54) is 23.9 Å². The number of nitrogens with one attached hydrogen (secondary N) is 2. The number of carbonyl (C=O) groups excluding carboxylic acids is 1. The maximum Gasteiger partial charge on any atom is 0.253 e. The molecular weight excluding hydrogens is 468 g/mol. The minimum absolute atomic E-state index is 0.0609. The molecule has 5 nitrogen and oxygen atoms in total. The summed E-state index contributed by atoms with van der Waals surface area (Å²) in [4.78, 5) is 18.0. The van der Waals surface area contributed by atoms with Crippen molar-refractivity contribution in [2.75, 3.05) is 12.3 Å². The van der Waals surface area contributed by atoms with Crippen molar-refractivity contribution in [3.8, 4) is 0 Å². The third kappa shape index (κ3) is 8.42. The average Bonchev–Trinajstić information content (AvgIpc) is 2.83. The van der Waals surface area contributed by atoms with E-state index in [0.29, 0.717) is 17.7 Å². The lowest BCUT2D eigenvalue weighted by Gasteiger charge is -2.25. The molecule has 186 valence electrons. The van der Waals surface area contributed by atoms with E-state index in [2.05, 4.69) is 34.7 Å². The molecule has 0 spiro atoms. The largest absolute Gasteiger partial charge is 0.390 e. The molecule has 35 heavy (non-hydrogen) atoms. The molecule has 0 fully saturated rings. The van der Waals surface area contributed by atoms with Crippen molar-refractivity contribution in [2.45, 2.75) is 50.3 Å². The van der Waals surface area contributed by atoms with Gasteiger partial charge in [0, 0.05) is 36.4 Å². The van der Waals surface area contributed by atoms with Gasteiger partial charge in [0.15, 0.2) is 0 Å². The molecule has 0 aliphatic rings. The molecule has 1 heterocycles. The van der Waals surface area contributed by atoms with Crippen LogP contribution in [0.4, 0.5) is 8.78 Å². The summed E-state index contributed by atoms with van der Waals surface area (Å²) in [6, 6.07) is 12.3. The number of aromatic nitrogens is 1. The van der Waals surface area contributed by atoms with Gasteiger partial charge in [-0.05, 0) is 53.5 Å². The maximum atomic E-state index is 13.8. The first-order chi connectivity index (χ1) is 16.9. The summed E-state index contributed by atoms with van der Waals surface area (Å²) in [5.41, 5.74) is 3.01. The molecule has 3 aromatic rings. The van der Waals surface area contributed by atoms with Crippen LogP contribution in [-0.2, 0) is 19.4 Å². The Hall–Kier alpha value is -2.81. The highest BCUT2D eigenvalue weighted by atomic mass is 32.2. The molecule has 3 N–H and O–H groups in total. The van der Waals surface area contributed by atoms with Gasteiger partial charge in [-0.25, -0.2) is 8.78 Å². The summed E-state index contributed by atoms with van der Waals surface area (Å²) in [6.07, 6.45) is 3.14. The fourth-order valence-corrected chi connectivity index (χ4v) is 4.45. The number of carbonyl (C=O) groups is 1. The number of aryl methyl sites for hydroxylation is 1. The van der Waals surface area contributed by atoms with Crippen LogP contribution < -0.4 is 10.6 Å². The predicted molar refractivity (Wildman–Crippen MR) is 135 cm³/mol. The van der Waals surface area contributed by atoms with Crippen molar-refractivity contribution in [3.63, 3.8) is 0 Å². The van der Waals surface area contributed by atoms with Gasteiger partial charge in [0.1, 0.15) is 11.6 Å². The first kappa shape index (κ1) is 26.8. The molecule has 8 heteroatoms. The van der Waals surface area contributed by atoms with Crippen molar-refractivity contribution in [1.29, 1.82) is 0 Å². The Kier molecular flexibility index (Phi) is 10.2.